The van der Waals surface area contributed by atoms with Crippen LogP contribution >= 0.6 is 0 Å². The summed E-state index contributed by atoms with van der Waals surface area (Å²) in [6.45, 7) is 1.35. The minimum absolute atomic E-state index is 0.0648. The van der Waals surface area contributed by atoms with Gasteiger partial charge in [-0.05, 0) is 60.6 Å². The van der Waals surface area contributed by atoms with Gasteiger partial charge in [0.25, 0.3) is 0 Å². The van der Waals surface area contributed by atoms with Crippen molar-refractivity contribution in [1.82, 2.24) is 21.1 Å². The Morgan fingerprint density at radius 2 is 1.57 bits per heavy atom. The van der Waals surface area contributed by atoms with E-state index in [1.54, 1.807) is 6.07 Å². The highest BCUT2D eigenvalue weighted by atomic mass is 16.5. The number of hydrogen-bond acceptors (Lipinski definition) is 5. The topological polar surface area (TPSA) is 95.8 Å². The molecule has 3 amide bonds. The molecule has 0 aliphatic carbocycles. The first-order chi connectivity index (χ1) is 18.0. The average Bonchev–Trinajstić information content (AvgIpc) is 3.40. The van der Waals surface area contributed by atoms with E-state index in [9.17, 15) is 9.59 Å². The van der Waals surface area contributed by atoms with Crippen LogP contribution in [0.2, 0.25) is 0 Å². The van der Waals surface area contributed by atoms with Crippen LogP contribution in [0, 0.1) is 0 Å². The van der Waals surface area contributed by atoms with Gasteiger partial charge in [-0.3, -0.25) is 10.2 Å². The normalized spacial score (nSPS) is 10.7. The summed E-state index contributed by atoms with van der Waals surface area (Å²) in [5.41, 5.74) is 8.99. The lowest BCUT2D eigenvalue weighted by atomic mass is 9.98. The Balaban J connectivity index is 1.26. The minimum Gasteiger partial charge on any atom is -0.486 e. The molecular weight excluding hydrogens is 468 g/mol. The van der Waals surface area contributed by atoms with Gasteiger partial charge in [-0.25, -0.2) is 10.2 Å². The van der Waals surface area contributed by atoms with Gasteiger partial charge in [0.1, 0.15) is 18.1 Å². The van der Waals surface area contributed by atoms with E-state index >= 15 is 0 Å². The van der Waals surface area contributed by atoms with Crippen LogP contribution < -0.4 is 20.9 Å². The maximum atomic E-state index is 12.4. The standard InChI is InChI=1S/C29H30N4O4/c1-33(2)19-21-12-14-22(15-13-21)26-11-7-6-8-23(26)18-30-29(35)32-31-28(34)27-17-16-25(37-27)20-36-24-9-4-3-5-10-24/h3-17H,18-20H2,1-2H3,(H,31,34)(H2,30,32,35). The number of furan rings is 1. The molecule has 0 saturated carbocycles. The summed E-state index contributed by atoms with van der Waals surface area (Å²) < 4.78 is 11.1. The third-order valence-electron chi connectivity index (χ3n) is 5.52. The number of benzene rings is 3. The number of urea groups is 1. The number of nitrogens with zero attached hydrogens (tertiary/aromatic N) is 1. The Labute approximate surface area is 216 Å². The molecule has 0 fully saturated rings. The number of hydrazine groups is 1. The van der Waals surface area contributed by atoms with Crippen LogP contribution in [0.5, 0.6) is 5.75 Å². The molecule has 0 unspecified atom stereocenters. The predicted octanol–water partition coefficient (Wildman–Crippen LogP) is 4.73. The molecule has 0 radical (unpaired) electrons. The van der Waals surface area contributed by atoms with E-state index < -0.39 is 11.9 Å². The Bertz CT molecular complexity index is 1320. The zero-order chi connectivity index (χ0) is 26.0. The highest BCUT2D eigenvalue weighted by Crippen LogP contribution is 2.24. The third-order valence-corrected chi connectivity index (χ3v) is 5.52. The Morgan fingerprint density at radius 1 is 0.838 bits per heavy atom. The fourth-order valence-electron chi connectivity index (χ4n) is 3.75. The van der Waals surface area contributed by atoms with Gasteiger partial charge in [0.05, 0.1) is 0 Å². The first kappa shape index (κ1) is 25.5. The first-order valence-electron chi connectivity index (χ1n) is 11.9. The van der Waals surface area contributed by atoms with Crippen molar-refractivity contribution in [3.05, 3.63) is 114 Å². The van der Waals surface area contributed by atoms with Crippen molar-refractivity contribution in [3.8, 4) is 16.9 Å². The van der Waals surface area contributed by atoms with E-state index in [2.05, 4.69) is 45.3 Å². The van der Waals surface area contributed by atoms with E-state index in [0.717, 1.165) is 23.2 Å². The summed E-state index contributed by atoms with van der Waals surface area (Å²) in [5.74, 6) is 0.685. The van der Waals surface area contributed by atoms with Crippen LogP contribution in [0.3, 0.4) is 0 Å². The van der Waals surface area contributed by atoms with Crippen molar-refractivity contribution in [2.24, 2.45) is 0 Å². The molecule has 37 heavy (non-hydrogen) atoms. The zero-order valence-corrected chi connectivity index (χ0v) is 20.9. The summed E-state index contributed by atoms with van der Waals surface area (Å²) in [6.07, 6.45) is 0. The zero-order valence-electron chi connectivity index (χ0n) is 20.9. The molecule has 1 aromatic heterocycles. The third kappa shape index (κ3) is 7.46. The minimum atomic E-state index is -0.570. The number of carbonyl (C=O) groups is 2. The summed E-state index contributed by atoms with van der Waals surface area (Å²) in [5, 5.41) is 2.78. The SMILES string of the molecule is CN(C)Cc1ccc(-c2ccccc2CNC(=O)NNC(=O)c2ccc(COc3ccccc3)o2)cc1. The molecule has 0 aliphatic rings. The highest BCUT2D eigenvalue weighted by Gasteiger charge is 2.13. The monoisotopic (exact) mass is 498 g/mol. The van der Waals surface area contributed by atoms with Gasteiger partial charge >= 0.3 is 11.9 Å². The molecule has 4 aromatic rings. The predicted molar refractivity (Wildman–Crippen MR) is 142 cm³/mol. The van der Waals surface area contributed by atoms with E-state index in [-0.39, 0.29) is 12.4 Å². The number of carbonyl (C=O) groups excluding carboxylic acids is 2. The van der Waals surface area contributed by atoms with Gasteiger partial charge in [-0.2, -0.15) is 0 Å². The molecule has 0 atom stereocenters. The second-order valence-corrected chi connectivity index (χ2v) is 8.72. The molecule has 3 aromatic carbocycles. The largest absolute Gasteiger partial charge is 0.486 e. The summed E-state index contributed by atoms with van der Waals surface area (Å²) in [7, 11) is 4.08. The number of rotatable bonds is 9. The highest BCUT2D eigenvalue weighted by molar-refractivity contribution is 5.92. The van der Waals surface area contributed by atoms with E-state index in [0.29, 0.717) is 18.1 Å². The van der Waals surface area contributed by atoms with E-state index in [4.69, 9.17) is 9.15 Å². The van der Waals surface area contributed by atoms with Crippen LogP contribution in [0.4, 0.5) is 4.79 Å². The Hall–Kier alpha value is -4.56. The summed E-state index contributed by atoms with van der Waals surface area (Å²) in [4.78, 5) is 26.8. The maximum Gasteiger partial charge on any atom is 0.333 e. The number of para-hydroxylation sites is 1. The molecule has 0 saturated heterocycles. The Kier molecular flexibility index (Phi) is 8.57. The molecule has 0 bridgehead atoms. The second kappa shape index (κ2) is 12.4. The lowest BCUT2D eigenvalue weighted by Gasteiger charge is -2.13. The van der Waals surface area contributed by atoms with Crippen molar-refractivity contribution in [2.75, 3.05) is 14.1 Å². The van der Waals surface area contributed by atoms with Gasteiger partial charge in [-0.1, -0.05) is 66.7 Å². The van der Waals surface area contributed by atoms with E-state index in [1.165, 1.54) is 11.6 Å². The molecule has 3 N–H and O–H groups in total. The van der Waals surface area contributed by atoms with Crippen molar-refractivity contribution in [1.29, 1.82) is 0 Å². The number of hydrogen-bond donors (Lipinski definition) is 3. The smallest absolute Gasteiger partial charge is 0.333 e. The van der Waals surface area contributed by atoms with Gasteiger partial charge in [0.15, 0.2) is 5.76 Å². The van der Waals surface area contributed by atoms with Crippen LogP contribution in [0.15, 0.2) is 95.4 Å². The van der Waals surface area contributed by atoms with Crippen LogP contribution in [0.1, 0.15) is 27.4 Å². The second-order valence-electron chi connectivity index (χ2n) is 8.72. The fraction of sp³-hybridized carbons (Fsp3) is 0.172. The lowest BCUT2D eigenvalue weighted by Crippen LogP contribution is -2.46. The quantitative estimate of drug-likeness (QED) is 0.290. The van der Waals surface area contributed by atoms with Crippen molar-refractivity contribution in [2.45, 2.75) is 19.7 Å². The van der Waals surface area contributed by atoms with Gasteiger partial charge < -0.3 is 19.4 Å². The van der Waals surface area contributed by atoms with Crippen molar-refractivity contribution < 1.29 is 18.7 Å². The molecule has 8 nitrogen and oxygen atoms in total. The summed E-state index contributed by atoms with van der Waals surface area (Å²) in [6, 6.07) is 28.2. The van der Waals surface area contributed by atoms with Gasteiger partial charge in [0.2, 0.25) is 0 Å². The maximum absolute atomic E-state index is 12.4. The fourth-order valence-corrected chi connectivity index (χ4v) is 3.75. The number of ether oxygens (including phenoxy) is 1. The number of amides is 3. The average molecular weight is 499 g/mol. The molecule has 190 valence electrons. The van der Waals surface area contributed by atoms with Crippen LogP contribution in [0.25, 0.3) is 11.1 Å². The first-order valence-corrected chi connectivity index (χ1v) is 11.9. The molecule has 8 heteroatoms. The molecule has 4 rings (SSSR count). The lowest BCUT2D eigenvalue weighted by molar-refractivity contribution is 0.0904. The van der Waals surface area contributed by atoms with Crippen LogP contribution in [-0.4, -0.2) is 30.9 Å². The van der Waals surface area contributed by atoms with Crippen molar-refractivity contribution >= 4 is 11.9 Å². The molecule has 0 spiro atoms. The Morgan fingerprint density at radius 3 is 2.32 bits per heavy atom. The van der Waals surface area contributed by atoms with Gasteiger partial charge in [0, 0.05) is 13.1 Å². The van der Waals surface area contributed by atoms with E-state index in [1.807, 2.05) is 68.7 Å². The molecule has 1 heterocycles. The van der Waals surface area contributed by atoms with Gasteiger partial charge in [-0.15, -0.1) is 0 Å². The van der Waals surface area contributed by atoms with Crippen molar-refractivity contribution in [3.63, 3.8) is 0 Å². The summed E-state index contributed by atoms with van der Waals surface area (Å²) >= 11 is 0. The van der Waals surface area contributed by atoms with Crippen LogP contribution in [-0.2, 0) is 19.7 Å². The molecular formula is C29H30N4O4. The number of nitrogens with one attached hydrogen (secondary N) is 3. The molecule has 0 aliphatic heterocycles.